The van der Waals surface area contributed by atoms with Gasteiger partial charge < -0.3 is 5.32 Å². The lowest BCUT2D eigenvalue weighted by molar-refractivity contribution is -0.114. The Morgan fingerprint density at radius 2 is 2.31 bits per heavy atom. The third-order valence-corrected chi connectivity index (χ3v) is 1.65. The summed E-state index contributed by atoms with van der Waals surface area (Å²) in [7, 11) is 0. The minimum absolute atomic E-state index is 0.209. The highest BCUT2D eigenvalue weighted by Crippen LogP contribution is 2.19. The fraction of sp³-hybridized carbons (Fsp3) is 0.111. The first-order valence-electron chi connectivity index (χ1n) is 3.60. The van der Waals surface area contributed by atoms with E-state index in [1.165, 1.54) is 13.0 Å². The lowest BCUT2D eigenvalue weighted by Gasteiger charge is -2.03. The molecule has 0 unspecified atom stereocenters. The Labute approximate surface area is 80.9 Å². The molecule has 1 rings (SSSR count). The van der Waals surface area contributed by atoms with Crippen molar-refractivity contribution in [3.63, 3.8) is 0 Å². The van der Waals surface area contributed by atoms with Gasteiger partial charge in [-0.25, -0.2) is 0 Å². The van der Waals surface area contributed by atoms with Crippen LogP contribution in [-0.4, -0.2) is 5.91 Å². The number of carbonyl (C=O) groups is 1. The van der Waals surface area contributed by atoms with Crippen LogP contribution in [0, 0.1) is 11.3 Å². The van der Waals surface area contributed by atoms with Crippen LogP contribution in [-0.2, 0) is 4.79 Å². The van der Waals surface area contributed by atoms with Gasteiger partial charge in [0.25, 0.3) is 0 Å². The van der Waals surface area contributed by atoms with Crippen molar-refractivity contribution in [1.29, 1.82) is 5.26 Å². The van der Waals surface area contributed by atoms with Gasteiger partial charge in [-0.3, -0.25) is 4.79 Å². The van der Waals surface area contributed by atoms with Crippen molar-refractivity contribution in [3.05, 3.63) is 28.8 Å². The molecule has 0 bridgehead atoms. The van der Waals surface area contributed by atoms with Gasteiger partial charge in [0, 0.05) is 11.9 Å². The van der Waals surface area contributed by atoms with Crippen molar-refractivity contribution in [2.24, 2.45) is 0 Å². The quantitative estimate of drug-likeness (QED) is 0.745. The molecule has 0 radical (unpaired) electrons. The molecule has 3 nitrogen and oxygen atoms in total. The summed E-state index contributed by atoms with van der Waals surface area (Å²) < 4.78 is 0. The minimum Gasteiger partial charge on any atom is -0.325 e. The van der Waals surface area contributed by atoms with Gasteiger partial charge in [0.05, 0.1) is 11.3 Å². The van der Waals surface area contributed by atoms with E-state index in [0.29, 0.717) is 16.3 Å². The summed E-state index contributed by atoms with van der Waals surface area (Å²) in [4.78, 5) is 10.7. The smallest absolute Gasteiger partial charge is 0.221 e. The molecule has 0 aliphatic carbocycles. The van der Waals surface area contributed by atoms with Crippen LogP contribution in [0.2, 0.25) is 5.02 Å². The molecule has 0 spiro atoms. The Morgan fingerprint density at radius 1 is 1.62 bits per heavy atom. The van der Waals surface area contributed by atoms with Crippen LogP contribution in [0.5, 0.6) is 0 Å². The van der Waals surface area contributed by atoms with E-state index in [0.717, 1.165) is 0 Å². The molecule has 0 heterocycles. The van der Waals surface area contributed by atoms with E-state index < -0.39 is 0 Å². The molecule has 1 amide bonds. The van der Waals surface area contributed by atoms with Crippen molar-refractivity contribution in [3.8, 4) is 6.07 Å². The highest BCUT2D eigenvalue weighted by Gasteiger charge is 2.03. The predicted octanol–water partition coefficient (Wildman–Crippen LogP) is 2.17. The first kappa shape index (κ1) is 9.56. The van der Waals surface area contributed by atoms with Gasteiger partial charge in [0.15, 0.2) is 0 Å². The number of hydrogen-bond acceptors (Lipinski definition) is 2. The first-order valence-corrected chi connectivity index (χ1v) is 3.98. The maximum Gasteiger partial charge on any atom is 0.221 e. The fourth-order valence-corrected chi connectivity index (χ4v) is 1.08. The number of halogens is 1. The number of hydrogen-bond donors (Lipinski definition) is 1. The molecule has 1 aromatic rings. The number of rotatable bonds is 1. The number of nitriles is 1. The summed E-state index contributed by atoms with van der Waals surface area (Å²) in [5, 5.41) is 11.7. The predicted molar refractivity (Wildman–Crippen MR) is 50.5 cm³/mol. The molecule has 0 fully saturated rings. The molecule has 1 N–H and O–H groups in total. The second kappa shape index (κ2) is 3.92. The van der Waals surface area contributed by atoms with Crippen LogP contribution in [0.3, 0.4) is 0 Å². The van der Waals surface area contributed by atoms with Gasteiger partial charge >= 0.3 is 0 Å². The number of benzene rings is 1. The maximum atomic E-state index is 10.7. The van der Waals surface area contributed by atoms with Gasteiger partial charge in [-0.1, -0.05) is 11.6 Å². The van der Waals surface area contributed by atoms with Crippen LogP contribution in [0.4, 0.5) is 5.69 Å². The summed E-state index contributed by atoms with van der Waals surface area (Å²) >= 11 is 5.67. The van der Waals surface area contributed by atoms with Crippen molar-refractivity contribution in [2.45, 2.75) is 6.92 Å². The van der Waals surface area contributed by atoms with Crippen LogP contribution >= 0.6 is 11.6 Å². The molecule has 66 valence electrons. The van der Waals surface area contributed by atoms with Gasteiger partial charge in [0.1, 0.15) is 6.07 Å². The van der Waals surface area contributed by atoms with Gasteiger partial charge in [0.2, 0.25) is 5.91 Å². The zero-order valence-electron chi connectivity index (χ0n) is 6.97. The Hall–Kier alpha value is -1.53. The van der Waals surface area contributed by atoms with E-state index in [4.69, 9.17) is 16.9 Å². The highest BCUT2D eigenvalue weighted by molar-refractivity contribution is 6.30. The largest absolute Gasteiger partial charge is 0.325 e. The molecule has 1 aromatic carbocycles. The maximum absolute atomic E-state index is 10.7. The van der Waals surface area contributed by atoms with E-state index in [-0.39, 0.29) is 5.91 Å². The minimum atomic E-state index is -0.209. The zero-order chi connectivity index (χ0) is 9.84. The molecule has 0 aliphatic rings. The summed E-state index contributed by atoms with van der Waals surface area (Å²) in [6.07, 6.45) is 0. The van der Waals surface area contributed by atoms with E-state index in [2.05, 4.69) is 5.32 Å². The second-order valence-electron chi connectivity index (χ2n) is 2.48. The van der Waals surface area contributed by atoms with Crippen LogP contribution in [0.1, 0.15) is 12.5 Å². The molecule has 0 saturated heterocycles. The molecule has 0 saturated carbocycles. The summed E-state index contributed by atoms with van der Waals surface area (Å²) in [6.45, 7) is 1.38. The summed E-state index contributed by atoms with van der Waals surface area (Å²) in [5.74, 6) is -0.209. The summed E-state index contributed by atoms with van der Waals surface area (Å²) in [6, 6.07) is 6.67. The lowest BCUT2D eigenvalue weighted by atomic mass is 10.2. The second-order valence-corrected chi connectivity index (χ2v) is 2.92. The monoisotopic (exact) mass is 194 g/mol. The normalized spacial score (nSPS) is 9.00. The Bertz CT molecular complexity index is 382. The van der Waals surface area contributed by atoms with Crippen molar-refractivity contribution in [2.75, 3.05) is 5.32 Å². The average Bonchev–Trinajstić information content (AvgIpc) is 2.07. The van der Waals surface area contributed by atoms with E-state index in [9.17, 15) is 4.79 Å². The van der Waals surface area contributed by atoms with Gasteiger partial charge in [-0.2, -0.15) is 5.26 Å². The number of nitrogens with zero attached hydrogens (tertiary/aromatic N) is 1. The number of nitrogens with one attached hydrogen (secondary N) is 1. The Kier molecular flexibility index (Phi) is 2.88. The van der Waals surface area contributed by atoms with Crippen LogP contribution < -0.4 is 5.32 Å². The van der Waals surface area contributed by atoms with Crippen LogP contribution in [0.15, 0.2) is 18.2 Å². The molecule has 4 heteroatoms. The Morgan fingerprint density at radius 3 is 2.85 bits per heavy atom. The third-order valence-electron chi connectivity index (χ3n) is 1.41. The first-order chi connectivity index (χ1) is 6.13. The molecular weight excluding hydrogens is 188 g/mol. The number of amides is 1. The van der Waals surface area contributed by atoms with Gasteiger partial charge in [-0.05, 0) is 18.2 Å². The van der Waals surface area contributed by atoms with E-state index >= 15 is 0 Å². The summed E-state index contributed by atoms with van der Waals surface area (Å²) in [5.41, 5.74) is 0.849. The number of anilines is 1. The SMILES string of the molecule is CC(=O)Nc1ccc(Cl)cc1C#N. The molecular formula is C9H7ClN2O. The lowest BCUT2D eigenvalue weighted by Crippen LogP contribution is -2.06. The molecule has 0 aliphatic heterocycles. The van der Waals surface area contributed by atoms with E-state index in [1.54, 1.807) is 12.1 Å². The number of carbonyl (C=O) groups excluding carboxylic acids is 1. The molecule has 13 heavy (non-hydrogen) atoms. The van der Waals surface area contributed by atoms with Gasteiger partial charge in [-0.15, -0.1) is 0 Å². The fourth-order valence-electron chi connectivity index (χ4n) is 0.908. The topological polar surface area (TPSA) is 52.9 Å². The average molecular weight is 195 g/mol. The zero-order valence-corrected chi connectivity index (χ0v) is 7.72. The standard InChI is InChI=1S/C9H7ClN2O/c1-6(13)12-9-3-2-8(10)4-7(9)5-11/h2-4H,1H3,(H,12,13). The molecule has 0 atom stereocenters. The van der Waals surface area contributed by atoms with Crippen molar-refractivity contribution in [1.82, 2.24) is 0 Å². The van der Waals surface area contributed by atoms with Crippen LogP contribution in [0.25, 0.3) is 0 Å². The van der Waals surface area contributed by atoms with Crippen molar-refractivity contribution >= 4 is 23.2 Å². The van der Waals surface area contributed by atoms with Crippen molar-refractivity contribution < 1.29 is 4.79 Å². The Balaban J connectivity index is 3.08. The van der Waals surface area contributed by atoms with E-state index in [1.807, 2.05) is 6.07 Å². The third kappa shape index (κ3) is 2.46. The molecule has 0 aromatic heterocycles. The highest BCUT2D eigenvalue weighted by atomic mass is 35.5.